The summed E-state index contributed by atoms with van der Waals surface area (Å²) >= 11 is 0. The van der Waals surface area contributed by atoms with Crippen LogP contribution < -0.4 is 5.14 Å². The molecule has 2 N–H and O–H groups in total. The maximum atomic E-state index is 10.6. The van der Waals surface area contributed by atoms with Gasteiger partial charge >= 0.3 is 0 Å². The number of hydrogen-bond acceptors (Lipinski definition) is 2. The zero-order valence-electron chi connectivity index (χ0n) is 6.53. The topological polar surface area (TPSA) is 60.2 Å². The second kappa shape index (κ2) is 2.95. The summed E-state index contributed by atoms with van der Waals surface area (Å²) < 4.78 is 21.2. The molecule has 0 amide bonds. The smallest absolute Gasteiger partial charge is 0.209 e. The normalized spacial score (nSPS) is 31.1. The Kier molecular flexibility index (Phi) is 2.34. The van der Waals surface area contributed by atoms with Crippen molar-refractivity contribution in [2.45, 2.75) is 13.3 Å². The summed E-state index contributed by atoms with van der Waals surface area (Å²) in [6.45, 7) is 1.94. The van der Waals surface area contributed by atoms with Gasteiger partial charge in [0, 0.05) is 0 Å². The van der Waals surface area contributed by atoms with Crippen LogP contribution in [0.2, 0.25) is 0 Å². The van der Waals surface area contributed by atoms with Gasteiger partial charge in [-0.25, -0.2) is 13.6 Å². The molecule has 0 aromatic heterocycles. The van der Waals surface area contributed by atoms with Crippen molar-refractivity contribution in [2.24, 2.45) is 17.0 Å². The van der Waals surface area contributed by atoms with Crippen molar-refractivity contribution in [3.63, 3.8) is 0 Å². The number of primary sulfonamides is 1. The van der Waals surface area contributed by atoms with E-state index in [-0.39, 0.29) is 11.7 Å². The first-order valence-corrected chi connectivity index (χ1v) is 5.38. The average molecular weight is 175 g/mol. The molecule has 1 aliphatic rings. The van der Waals surface area contributed by atoms with Crippen molar-refractivity contribution in [3.05, 3.63) is 12.2 Å². The summed E-state index contributed by atoms with van der Waals surface area (Å²) in [6.07, 6.45) is 4.96. The first kappa shape index (κ1) is 8.74. The maximum absolute atomic E-state index is 10.6. The Bertz CT molecular complexity index is 256. The number of nitrogens with two attached hydrogens (primary N) is 1. The van der Waals surface area contributed by atoms with Gasteiger partial charge in [0.25, 0.3) is 0 Å². The monoisotopic (exact) mass is 175 g/mol. The van der Waals surface area contributed by atoms with Crippen LogP contribution in [0.5, 0.6) is 0 Å². The van der Waals surface area contributed by atoms with E-state index in [2.05, 4.69) is 0 Å². The molecule has 4 heteroatoms. The van der Waals surface area contributed by atoms with Crippen LogP contribution in [0.1, 0.15) is 13.3 Å². The van der Waals surface area contributed by atoms with Crippen LogP contribution >= 0.6 is 0 Å². The molecule has 1 fully saturated rings. The highest BCUT2D eigenvalue weighted by molar-refractivity contribution is 7.89. The minimum Gasteiger partial charge on any atom is -0.229 e. The van der Waals surface area contributed by atoms with E-state index in [4.69, 9.17) is 5.14 Å². The van der Waals surface area contributed by atoms with Gasteiger partial charge in [-0.05, 0) is 25.2 Å². The van der Waals surface area contributed by atoms with Crippen LogP contribution in [0.25, 0.3) is 0 Å². The predicted octanol–water partition coefficient (Wildman–Crippen LogP) is 0.487. The second-order valence-electron chi connectivity index (χ2n) is 3.01. The summed E-state index contributed by atoms with van der Waals surface area (Å²) in [5.74, 6) is 0.877. The summed E-state index contributed by atoms with van der Waals surface area (Å²) in [5, 5.41) is 4.88. The second-order valence-corrected chi connectivity index (χ2v) is 4.67. The molecule has 0 bridgehead atoms. The molecule has 0 radical (unpaired) electrons. The molecule has 1 saturated carbocycles. The van der Waals surface area contributed by atoms with Crippen molar-refractivity contribution < 1.29 is 8.42 Å². The summed E-state index contributed by atoms with van der Waals surface area (Å²) in [6, 6.07) is 0. The first-order valence-electron chi connectivity index (χ1n) is 3.66. The van der Waals surface area contributed by atoms with Gasteiger partial charge in [-0.3, -0.25) is 0 Å². The van der Waals surface area contributed by atoms with Crippen LogP contribution in [0.15, 0.2) is 12.2 Å². The fourth-order valence-electron chi connectivity index (χ4n) is 1.24. The number of allylic oxidation sites excluding steroid dienone is 2. The Morgan fingerprint density at radius 2 is 2.27 bits per heavy atom. The minimum absolute atomic E-state index is 0.141. The van der Waals surface area contributed by atoms with Gasteiger partial charge in [0.05, 0.1) is 5.75 Å². The predicted molar refractivity (Wildman–Crippen MR) is 44.4 cm³/mol. The zero-order chi connectivity index (χ0) is 8.48. The highest BCUT2D eigenvalue weighted by Gasteiger charge is 2.37. The molecule has 0 saturated heterocycles. The average Bonchev–Trinajstić information content (AvgIpc) is 2.44. The molecule has 0 aliphatic heterocycles. The van der Waals surface area contributed by atoms with Crippen LogP contribution in [0.4, 0.5) is 0 Å². The van der Waals surface area contributed by atoms with Gasteiger partial charge in [-0.2, -0.15) is 0 Å². The lowest BCUT2D eigenvalue weighted by Crippen LogP contribution is -2.18. The van der Waals surface area contributed by atoms with E-state index in [1.54, 1.807) is 0 Å². The molecular weight excluding hydrogens is 162 g/mol. The van der Waals surface area contributed by atoms with Gasteiger partial charge in [0.1, 0.15) is 0 Å². The van der Waals surface area contributed by atoms with Crippen LogP contribution in [-0.4, -0.2) is 14.2 Å². The minimum atomic E-state index is -3.25. The molecular formula is C7H13NO2S. The van der Waals surface area contributed by atoms with E-state index in [1.807, 2.05) is 19.1 Å². The maximum Gasteiger partial charge on any atom is 0.209 e. The summed E-state index contributed by atoms with van der Waals surface area (Å²) in [5.41, 5.74) is 0. The largest absolute Gasteiger partial charge is 0.229 e. The third kappa shape index (κ3) is 3.03. The molecule has 0 aromatic carbocycles. The number of hydrogen-bond donors (Lipinski definition) is 1. The first-order chi connectivity index (χ1) is 5.03. The number of sulfonamides is 1. The van der Waals surface area contributed by atoms with E-state index in [0.717, 1.165) is 6.42 Å². The Morgan fingerprint density at radius 3 is 2.73 bits per heavy atom. The Labute approximate surface area is 67.3 Å². The fourth-order valence-corrected chi connectivity index (χ4v) is 2.22. The van der Waals surface area contributed by atoms with Crippen LogP contribution in [0, 0.1) is 11.8 Å². The van der Waals surface area contributed by atoms with Crippen LogP contribution in [0.3, 0.4) is 0 Å². The van der Waals surface area contributed by atoms with Crippen molar-refractivity contribution in [1.29, 1.82) is 0 Å². The lowest BCUT2D eigenvalue weighted by molar-refractivity contribution is 0.593. The molecule has 0 aromatic rings. The Hall–Kier alpha value is -0.350. The Balaban J connectivity index is 2.35. The Morgan fingerprint density at radius 1 is 1.64 bits per heavy atom. The van der Waals surface area contributed by atoms with E-state index in [0.29, 0.717) is 5.92 Å². The molecule has 0 heterocycles. The van der Waals surface area contributed by atoms with E-state index < -0.39 is 10.0 Å². The molecule has 11 heavy (non-hydrogen) atoms. The van der Waals surface area contributed by atoms with Gasteiger partial charge in [-0.1, -0.05) is 12.2 Å². The molecule has 1 aliphatic carbocycles. The van der Waals surface area contributed by atoms with Crippen LogP contribution in [-0.2, 0) is 10.0 Å². The van der Waals surface area contributed by atoms with Gasteiger partial charge in [0.15, 0.2) is 0 Å². The molecule has 1 rings (SSSR count). The molecule has 0 spiro atoms. The van der Waals surface area contributed by atoms with Gasteiger partial charge < -0.3 is 0 Å². The van der Waals surface area contributed by atoms with Crippen molar-refractivity contribution >= 4 is 10.0 Å². The van der Waals surface area contributed by atoms with E-state index >= 15 is 0 Å². The molecule has 2 atom stereocenters. The molecule has 3 nitrogen and oxygen atoms in total. The standard InChI is InChI=1S/C7H13NO2S/c1-2-3-6-4-7(6)5-11(8,9)10/h2-3,6-7H,4-5H2,1H3,(H2,8,9,10)/b3-2+/t6-,7-/m0/s1. The summed E-state index contributed by atoms with van der Waals surface area (Å²) in [4.78, 5) is 0. The quantitative estimate of drug-likeness (QED) is 0.634. The van der Waals surface area contributed by atoms with E-state index in [1.165, 1.54) is 0 Å². The van der Waals surface area contributed by atoms with Gasteiger partial charge in [0.2, 0.25) is 10.0 Å². The van der Waals surface area contributed by atoms with Crippen molar-refractivity contribution in [1.82, 2.24) is 0 Å². The highest BCUT2D eigenvalue weighted by Crippen LogP contribution is 2.40. The van der Waals surface area contributed by atoms with Gasteiger partial charge in [-0.15, -0.1) is 0 Å². The van der Waals surface area contributed by atoms with Crippen molar-refractivity contribution in [3.8, 4) is 0 Å². The van der Waals surface area contributed by atoms with Crippen molar-refractivity contribution in [2.75, 3.05) is 5.75 Å². The molecule has 64 valence electrons. The highest BCUT2D eigenvalue weighted by atomic mass is 32.2. The van der Waals surface area contributed by atoms with E-state index in [9.17, 15) is 8.42 Å². The SMILES string of the molecule is C/C=C/[C@H]1C[C@H]1CS(N)(=O)=O. The third-order valence-electron chi connectivity index (χ3n) is 1.86. The lowest BCUT2D eigenvalue weighted by Gasteiger charge is -1.92. The molecule has 0 unspecified atom stereocenters. The fraction of sp³-hybridized carbons (Fsp3) is 0.714. The third-order valence-corrected chi connectivity index (χ3v) is 2.76. The summed E-state index contributed by atoms with van der Waals surface area (Å²) in [7, 11) is -3.25. The number of rotatable bonds is 3. The lowest BCUT2D eigenvalue weighted by atomic mass is 10.3. The zero-order valence-corrected chi connectivity index (χ0v) is 7.34.